The quantitative estimate of drug-likeness (QED) is 0.425. The molecule has 3 heterocycles. The van der Waals surface area contributed by atoms with E-state index in [9.17, 15) is 4.79 Å². The first-order valence-electron chi connectivity index (χ1n) is 10.5. The molecule has 0 atom stereocenters. The van der Waals surface area contributed by atoms with Crippen LogP contribution in [0.2, 0.25) is 0 Å². The minimum atomic E-state index is -0.183. The molecule has 0 radical (unpaired) electrons. The van der Waals surface area contributed by atoms with E-state index >= 15 is 0 Å². The predicted molar refractivity (Wildman–Crippen MR) is 121 cm³/mol. The maximum atomic E-state index is 12.7. The van der Waals surface area contributed by atoms with Crippen LogP contribution in [0.15, 0.2) is 59.3 Å². The topological polar surface area (TPSA) is 110 Å². The lowest BCUT2D eigenvalue weighted by molar-refractivity contribution is -0.121. The number of carbonyl (C=O) groups is 1. The zero-order chi connectivity index (χ0) is 23.5. The Hall–Kier alpha value is -4.47. The number of hydrogen-bond donors (Lipinski definition) is 1. The summed E-state index contributed by atoms with van der Waals surface area (Å²) in [6.45, 7) is 0.567. The second-order valence-electron chi connectivity index (χ2n) is 7.44. The van der Waals surface area contributed by atoms with Crippen molar-refractivity contribution in [2.75, 3.05) is 21.0 Å². The summed E-state index contributed by atoms with van der Waals surface area (Å²) in [4.78, 5) is 17.2. The molecule has 5 rings (SSSR count). The molecular formula is C24H22N4O6. The number of fused-ring (bicyclic) bond motifs is 1. The van der Waals surface area contributed by atoms with Gasteiger partial charge in [-0.3, -0.25) is 4.79 Å². The Morgan fingerprint density at radius 2 is 1.97 bits per heavy atom. The molecule has 0 bridgehead atoms. The molecule has 1 N–H and O–H groups in total. The fourth-order valence-electron chi connectivity index (χ4n) is 3.72. The summed E-state index contributed by atoms with van der Waals surface area (Å²) in [5.74, 6) is 3.05. The smallest absolute Gasteiger partial charge is 0.274 e. The van der Waals surface area contributed by atoms with Crippen LogP contribution < -0.4 is 24.3 Å². The Morgan fingerprint density at radius 3 is 2.82 bits per heavy atom. The molecule has 4 aromatic rings. The Kier molecular flexibility index (Phi) is 5.77. The van der Waals surface area contributed by atoms with E-state index < -0.39 is 0 Å². The van der Waals surface area contributed by atoms with Gasteiger partial charge in [-0.1, -0.05) is 17.3 Å². The lowest BCUT2D eigenvalue weighted by atomic mass is 10.2. The van der Waals surface area contributed by atoms with Gasteiger partial charge in [0.05, 0.1) is 14.2 Å². The molecular weight excluding hydrogens is 440 g/mol. The summed E-state index contributed by atoms with van der Waals surface area (Å²) >= 11 is 0. The van der Waals surface area contributed by atoms with Crippen molar-refractivity contribution < 1.29 is 28.3 Å². The molecule has 2 aromatic carbocycles. The van der Waals surface area contributed by atoms with Gasteiger partial charge in [0, 0.05) is 23.9 Å². The number of benzene rings is 2. The van der Waals surface area contributed by atoms with Gasteiger partial charge in [-0.25, -0.2) is 0 Å². The highest BCUT2D eigenvalue weighted by Gasteiger charge is 2.19. The first-order valence-corrected chi connectivity index (χ1v) is 10.5. The van der Waals surface area contributed by atoms with Crippen LogP contribution in [0.1, 0.15) is 5.56 Å². The average molecular weight is 462 g/mol. The lowest BCUT2D eigenvalue weighted by Crippen LogP contribution is -2.27. The van der Waals surface area contributed by atoms with Gasteiger partial charge in [0.2, 0.25) is 18.5 Å². The number of rotatable bonds is 8. The van der Waals surface area contributed by atoms with E-state index in [1.165, 1.54) is 0 Å². The standard InChI is InChI=1S/C24H22N4O6/c1-30-19-7-3-5-16(22(19)31-2)12-25-21(29)13-28-10-4-6-17(28)24-26-23(27-34-24)15-8-9-18-20(11-15)33-14-32-18/h3-11H,12-14H2,1-2H3,(H,25,29). The highest BCUT2D eigenvalue weighted by atomic mass is 16.7. The molecule has 2 aromatic heterocycles. The first kappa shape index (κ1) is 21.4. The first-order chi connectivity index (χ1) is 16.7. The molecule has 0 saturated heterocycles. The summed E-state index contributed by atoms with van der Waals surface area (Å²) in [7, 11) is 3.14. The van der Waals surface area contributed by atoms with Crippen molar-refractivity contribution in [2.24, 2.45) is 0 Å². The average Bonchev–Trinajstić information content (AvgIpc) is 3.62. The minimum absolute atomic E-state index is 0.0797. The van der Waals surface area contributed by atoms with Gasteiger partial charge < -0.3 is 33.4 Å². The highest BCUT2D eigenvalue weighted by Crippen LogP contribution is 2.35. The summed E-state index contributed by atoms with van der Waals surface area (Å²) in [5, 5.41) is 6.99. The Bertz CT molecular complexity index is 1330. The van der Waals surface area contributed by atoms with Crippen LogP contribution in [0, 0.1) is 0 Å². The van der Waals surface area contributed by atoms with Crippen LogP contribution in [0.5, 0.6) is 23.0 Å². The van der Waals surface area contributed by atoms with E-state index in [2.05, 4.69) is 15.5 Å². The number of para-hydroxylation sites is 1. The fraction of sp³-hybridized carbons (Fsp3) is 0.208. The minimum Gasteiger partial charge on any atom is -0.493 e. The largest absolute Gasteiger partial charge is 0.493 e. The molecule has 0 unspecified atom stereocenters. The van der Waals surface area contributed by atoms with Crippen LogP contribution in [0.3, 0.4) is 0 Å². The summed E-state index contributed by atoms with van der Waals surface area (Å²) in [5.41, 5.74) is 2.18. The van der Waals surface area contributed by atoms with E-state index in [-0.39, 0.29) is 19.2 Å². The molecule has 1 aliphatic rings. The third kappa shape index (κ3) is 4.13. The molecule has 34 heavy (non-hydrogen) atoms. The van der Waals surface area contributed by atoms with Gasteiger partial charge in [-0.15, -0.1) is 0 Å². The van der Waals surface area contributed by atoms with Crippen LogP contribution >= 0.6 is 0 Å². The van der Waals surface area contributed by atoms with E-state index in [0.29, 0.717) is 47.0 Å². The molecule has 0 spiro atoms. The molecule has 0 saturated carbocycles. The van der Waals surface area contributed by atoms with Crippen LogP contribution in [0.25, 0.3) is 23.0 Å². The lowest BCUT2D eigenvalue weighted by Gasteiger charge is -2.13. The fourth-order valence-corrected chi connectivity index (χ4v) is 3.72. The molecule has 10 heteroatoms. The van der Waals surface area contributed by atoms with Crippen molar-refractivity contribution in [2.45, 2.75) is 13.1 Å². The van der Waals surface area contributed by atoms with Gasteiger partial charge in [0.1, 0.15) is 12.2 Å². The summed E-state index contributed by atoms with van der Waals surface area (Å²) in [6.07, 6.45) is 1.78. The highest BCUT2D eigenvalue weighted by molar-refractivity contribution is 5.76. The zero-order valence-electron chi connectivity index (χ0n) is 18.6. The van der Waals surface area contributed by atoms with Crippen molar-refractivity contribution in [3.63, 3.8) is 0 Å². The van der Waals surface area contributed by atoms with Crippen LogP contribution in [0.4, 0.5) is 0 Å². The number of amides is 1. The Balaban J connectivity index is 1.28. The maximum Gasteiger partial charge on any atom is 0.274 e. The molecule has 174 valence electrons. The van der Waals surface area contributed by atoms with E-state index in [1.807, 2.05) is 30.3 Å². The van der Waals surface area contributed by atoms with E-state index in [0.717, 1.165) is 11.1 Å². The molecule has 10 nitrogen and oxygen atoms in total. The second kappa shape index (κ2) is 9.18. The number of aromatic nitrogens is 3. The van der Waals surface area contributed by atoms with Gasteiger partial charge in [0.15, 0.2) is 23.0 Å². The molecule has 0 fully saturated rings. The zero-order valence-corrected chi connectivity index (χ0v) is 18.6. The summed E-state index contributed by atoms with van der Waals surface area (Å²) in [6, 6.07) is 14.6. The van der Waals surface area contributed by atoms with Crippen molar-refractivity contribution in [1.82, 2.24) is 20.0 Å². The van der Waals surface area contributed by atoms with Crippen molar-refractivity contribution in [3.05, 3.63) is 60.3 Å². The third-order valence-corrected chi connectivity index (χ3v) is 5.38. The maximum absolute atomic E-state index is 12.7. The normalized spacial score (nSPS) is 11.9. The van der Waals surface area contributed by atoms with Crippen molar-refractivity contribution in [1.29, 1.82) is 0 Å². The van der Waals surface area contributed by atoms with Gasteiger partial charge in [0.25, 0.3) is 5.89 Å². The SMILES string of the molecule is COc1cccc(CNC(=O)Cn2cccc2-c2nc(-c3ccc4c(c3)OCO4)no2)c1OC. The van der Waals surface area contributed by atoms with E-state index in [1.54, 1.807) is 43.2 Å². The number of nitrogens with one attached hydrogen (secondary N) is 1. The number of hydrogen-bond acceptors (Lipinski definition) is 8. The van der Waals surface area contributed by atoms with Crippen molar-refractivity contribution >= 4 is 5.91 Å². The molecule has 1 aliphatic heterocycles. The Morgan fingerprint density at radius 1 is 1.09 bits per heavy atom. The van der Waals surface area contributed by atoms with Crippen LogP contribution in [-0.2, 0) is 17.9 Å². The number of carbonyl (C=O) groups excluding carboxylic acids is 1. The van der Waals surface area contributed by atoms with Crippen molar-refractivity contribution in [3.8, 4) is 46.0 Å². The van der Waals surface area contributed by atoms with E-state index in [4.69, 9.17) is 23.5 Å². The number of nitrogens with zero attached hydrogens (tertiary/aromatic N) is 3. The Labute approximate surface area is 195 Å². The number of methoxy groups -OCH3 is 2. The van der Waals surface area contributed by atoms with Gasteiger partial charge >= 0.3 is 0 Å². The monoisotopic (exact) mass is 462 g/mol. The predicted octanol–water partition coefficient (Wildman–Crippen LogP) is 3.27. The second-order valence-corrected chi connectivity index (χ2v) is 7.44. The van der Waals surface area contributed by atoms with Gasteiger partial charge in [-0.05, 0) is 36.4 Å². The van der Waals surface area contributed by atoms with Gasteiger partial charge in [-0.2, -0.15) is 4.98 Å². The molecule has 1 amide bonds. The molecule has 0 aliphatic carbocycles. The number of ether oxygens (including phenoxy) is 4. The van der Waals surface area contributed by atoms with Crippen LogP contribution in [-0.4, -0.2) is 41.6 Å². The summed E-state index contributed by atoms with van der Waals surface area (Å²) < 4.78 is 28.7. The third-order valence-electron chi connectivity index (χ3n) is 5.38.